The van der Waals surface area contributed by atoms with Gasteiger partial charge in [0.1, 0.15) is 0 Å². The summed E-state index contributed by atoms with van der Waals surface area (Å²) in [4.78, 5) is 21.1. The van der Waals surface area contributed by atoms with Crippen molar-refractivity contribution < 1.29 is 18.4 Å². The normalized spacial score (nSPS) is 9.86. The van der Waals surface area contributed by atoms with Gasteiger partial charge in [-0.2, -0.15) is 0 Å². The topological polar surface area (TPSA) is 86.2 Å². The van der Waals surface area contributed by atoms with Gasteiger partial charge in [-0.1, -0.05) is 0 Å². The minimum atomic E-state index is -1.46. The summed E-state index contributed by atoms with van der Waals surface area (Å²) in [7, 11) is 0. The summed E-state index contributed by atoms with van der Waals surface area (Å²) < 4.78 is 26.0. The largest absolute Gasteiger partial charge is 0.366 e. The van der Waals surface area contributed by atoms with Crippen molar-refractivity contribution in [2.75, 3.05) is 0 Å². The predicted octanol–water partition coefficient (Wildman–Crippen LogP) is 0.163. The van der Waals surface area contributed by atoms with Crippen molar-refractivity contribution in [2.24, 2.45) is 11.5 Å². The van der Waals surface area contributed by atoms with E-state index in [1.54, 1.807) is 0 Å². The first kappa shape index (κ1) is 10.1. The molecule has 0 saturated heterocycles. The van der Waals surface area contributed by atoms with Gasteiger partial charge in [-0.3, -0.25) is 9.59 Å². The van der Waals surface area contributed by atoms with E-state index in [2.05, 4.69) is 0 Å². The standard InChI is InChI=1S/C8H6F2N2O2/c9-5-3(7(11)13)1-2-4(6(5)10)8(12)14/h1-2H,(H2,11,13)(H2,12,14). The van der Waals surface area contributed by atoms with E-state index in [-0.39, 0.29) is 0 Å². The van der Waals surface area contributed by atoms with E-state index < -0.39 is 34.6 Å². The van der Waals surface area contributed by atoms with Gasteiger partial charge in [0.15, 0.2) is 11.6 Å². The molecule has 0 aromatic heterocycles. The van der Waals surface area contributed by atoms with Gasteiger partial charge in [-0.15, -0.1) is 0 Å². The molecule has 1 rings (SSSR count). The first-order valence-electron chi connectivity index (χ1n) is 3.52. The molecule has 0 aliphatic rings. The van der Waals surface area contributed by atoms with Gasteiger partial charge in [-0.05, 0) is 12.1 Å². The maximum atomic E-state index is 13.0. The second-order valence-corrected chi connectivity index (χ2v) is 2.52. The minimum Gasteiger partial charge on any atom is -0.366 e. The molecule has 1 aromatic carbocycles. The third-order valence-electron chi connectivity index (χ3n) is 1.61. The Morgan fingerprint density at radius 1 is 0.929 bits per heavy atom. The molecule has 2 amide bonds. The molecule has 0 atom stereocenters. The fourth-order valence-electron chi connectivity index (χ4n) is 0.930. The Kier molecular flexibility index (Phi) is 2.46. The van der Waals surface area contributed by atoms with Gasteiger partial charge in [0, 0.05) is 0 Å². The van der Waals surface area contributed by atoms with Crippen molar-refractivity contribution in [2.45, 2.75) is 0 Å². The summed E-state index contributed by atoms with van der Waals surface area (Å²) >= 11 is 0. The lowest BCUT2D eigenvalue weighted by molar-refractivity contribution is 0.0980. The van der Waals surface area contributed by atoms with E-state index in [1.165, 1.54) is 0 Å². The summed E-state index contributed by atoms with van der Waals surface area (Å²) in [6, 6.07) is 1.81. The quantitative estimate of drug-likeness (QED) is 0.712. The van der Waals surface area contributed by atoms with Crippen LogP contribution in [-0.2, 0) is 0 Å². The van der Waals surface area contributed by atoms with Crippen LogP contribution < -0.4 is 11.5 Å². The van der Waals surface area contributed by atoms with E-state index >= 15 is 0 Å². The highest BCUT2D eigenvalue weighted by atomic mass is 19.2. The number of benzene rings is 1. The monoisotopic (exact) mass is 200 g/mol. The number of hydrogen-bond donors (Lipinski definition) is 2. The molecule has 0 saturated carbocycles. The zero-order chi connectivity index (χ0) is 10.9. The SMILES string of the molecule is NC(=O)c1ccc(C(N)=O)c(F)c1F. The Morgan fingerprint density at radius 3 is 1.43 bits per heavy atom. The second-order valence-electron chi connectivity index (χ2n) is 2.52. The lowest BCUT2D eigenvalue weighted by Crippen LogP contribution is -2.18. The number of carbonyl (C=O) groups excluding carboxylic acids is 2. The molecule has 74 valence electrons. The van der Waals surface area contributed by atoms with Gasteiger partial charge in [0.25, 0.3) is 11.8 Å². The fourth-order valence-corrected chi connectivity index (χ4v) is 0.930. The summed E-state index contributed by atoms with van der Waals surface area (Å²) in [5, 5.41) is 0. The molecular weight excluding hydrogens is 194 g/mol. The maximum absolute atomic E-state index is 13.0. The molecule has 0 aliphatic carbocycles. The van der Waals surface area contributed by atoms with Crippen molar-refractivity contribution in [3.8, 4) is 0 Å². The number of nitrogens with two attached hydrogens (primary N) is 2. The first-order valence-corrected chi connectivity index (χ1v) is 3.52. The average molecular weight is 200 g/mol. The second kappa shape index (κ2) is 3.41. The zero-order valence-electron chi connectivity index (χ0n) is 6.88. The number of rotatable bonds is 2. The van der Waals surface area contributed by atoms with Gasteiger partial charge >= 0.3 is 0 Å². The van der Waals surface area contributed by atoms with Crippen molar-refractivity contribution in [3.05, 3.63) is 34.9 Å². The van der Waals surface area contributed by atoms with Crippen LogP contribution in [0.1, 0.15) is 20.7 Å². The number of halogens is 2. The average Bonchev–Trinajstić information content (AvgIpc) is 2.08. The highest BCUT2D eigenvalue weighted by Crippen LogP contribution is 2.15. The Hall–Kier alpha value is -1.98. The van der Waals surface area contributed by atoms with Crippen LogP contribution in [0, 0.1) is 11.6 Å². The summed E-state index contributed by atoms with van der Waals surface area (Å²) in [6.45, 7) is 0. The van der Waals surface area contributed by atoms with Gasteiger partial charge in [0.2, 0.25) is 0 Å². The molecule has 0 spiro atoms. The number of amides is 2. The van der Waals surface area contributed by atoms with Crippen LogP contribution >= 0.6 is 0 Å². The molecule has 0 aliphatic heterocycles. The van der Waals surface area contributed by atoms with Crippen LogP contribution in [0.2, 0.25) is 0 Å². The zero-order valence-corrected chi connectivity index (χ0v) is 6.88. The molecule has 0 radical (unpaired) electrons. The van der Waals surface area contributed by atoms with Crippen LogP contribution in [0.15, 0.2) is 12.1 Å². The van der Waals surface area contributed by atoms with E-state index in [9.17, 15) is 18.4 Å². The molecule has 4 N–H and O–H groups in total. The van der Waals surface area contributed by atoms with E-state index in [0.717, 1.165) is 12.1 Å². The molecular formula is C8H6F2N2O2. The number of hydrogen-bond acceptors (Lipinski definition) is 2. The van der Waals surface area contributed by atoms with Crippen LogP contribution in [0.3, 0.4) is 0 Å². The van der Waals surface area contributed by atoms with E-state index in [4.69, 9.17) is 11.5 Å². The number of primary amides is 2. The number of carbonyl (C=O) groups is 2. The van der Waals surface area contributed by atoms with Gasteiger partial charge in [-0.25, -0.2) is 8.78 Å². The summed E-state index contributed by atoms with van der Waals surface area (Å²) in [5.41, 5.74) is 8.26. The fraction of sp³-hybridized carbons (Fsp3) is 0. The van der Waals surface area contributed by atoms with E-state index in [0.29, 0.717) is 0 Å². The molecule has 4 nitrogen and oxygen atoms in total. The lowest BCUT2D eigenvalue weighted by atomic mass is 10.1. The molecule has 1 aromatic rings. The third-order valence-corrected chi connectivity index (χ3v) is 1.61. The molecule has 14 heavy (non-hydrogen) atoms. The molecule has 0 bridgehead atoms. The Labute approximate surface area is 77.5 Å². The summed E-state index contributed by atoms with van der Waals surface area (Å²) in [6.07, 6.45) is 0. The third kappa shape index (κ3) is 1.54. The van der Waals surface area contributed by atoms with Crippen LogP contribution in [0.4, 0.5) is 8.78 Å². The Bertz CT molecular complexity index is 379. The van der Waals surface area contributed by atoms with Gasteiger partial charge < -0.3 is 11.5 Å². The van der Waals surface area contributed by atoms with Gasteiger partial charge in [0.05, 0.1) is 11.1 Å². The molecule has 0 unspecified atom stereocenters. The minimum absolute atomic E-state index is 0.618. The summed E-state index contributed by atoms with van der Waals surface area (Å²) in [5.74, 6) is -5.16. The van der Waals surface area contributed by atoms with Crippen molar-refractivity contribution in [1.29, 1.82) is 0 Å². The lowest BCUT2D eigenvalue weighted by Gasteiger charge is -2.02. The van der Waals surface area contributed by atoms with Crippen LogP contribution in [0.5, 0.6) is 0 Å². The van der Waals surface area contributed by atoms with Crippen LogP contribution in [-0.4, -0.2) is 11.8 Å². The Morgan fingerprint density at radius 2 is 1.21 bits per heavy atom. The highest BCUT2D eigenvalue weighted by Gasteiger charge is 2.18. The Balaban J connectivity index is 3.41. The maximum Gasteiger partial charge on any atom is 0.251 e. The molecule has 6 heteroatoms. The molecule has 0 heterocycles. The highest BCUT2D eigenvalue weighted by molar-refractivity contribution is 5.97. The molecule has 0 fully saturated rings. The first-order chi connectivity index (χ1) is 6.45. The van der Waals surface area contributed by atoms with Crippen molar-refractivity contribution >= 4 is 11.8 Å². The van der Waals surface area contributed by atoms with Crippen LogP contribution in [0.25, 0.3) is 0 Å². The van der Waals surface area contributed by atoms with E-state index in [1.807, 2.05) is 0 Å². The predicted molar refractivity (Wildman–Crippen MR) is 43.4 cm³/mol. The van der Waals surface area contributed by atoms with Crippen molar-refractivity contribution in [1.82, 2.24) is 0 Å². The van der Waals surface area contributed by atoms with Crippen molar-refractivity contribution in [3.63, 3.8) is 0 Å². The smallest absolute Gasteiger partial charge is 0.251 e.